The fraction of sp³-hybridized carbons (Fsp3) is 0.320. The van der Waals surface area contributed by atoms with E-state index >= 15 is 0 Å². The lowest BCUT2D eigenvalue weighted by atomic mass is 10.1. The zero-order valence-electron chi connectivity index (χ0n) is 19.9. The van der Waals surface area contributed by atoms with Crippen LogP contribution < -0.4 is 26.0 Å². The number of morpholine rings is 1. The Hall–Kier alpha value is -3.73. The normalized spacial score (nSPS) is 14.3. The second-order valence-corrected chi connectivity index (χ2v) is 8.00. The van der Waals surface area contributed by atoms with Crippen molar-refractivity contribution in [2.45, 2.75) is 6.04 Å². The van der Waals surface area contributed by atoms with Gasteiger partial charge in [0.05, 0.1) is 38.3 Å². The van der Waals surface area contributed by atoms with E-state index in [2.05, 4.69) is 25.5 Å². The minimum absolute atomic E-state index is 0.155. The first-order chi connectivity index (χ1) is 17.1. The van der Waals surface area contributed by atoms with Gasteiger partial charge in [-0.25, -0.2) is 9.97 Å². The van der Waals surface area contributed by atoms with Crippen LogP contribution in [0.5, 0.6) is 5.75 Å². The number of aromatic nitrogens is 2. The average Bonchev–Trinajstić information content (AvgIpc) is 2.90. The van der Waals surface area contributed by atoms with Gasteiger partial charge in [-0.1, -0.05) is 12.1 Å². The quantitative estimate of drug-likeness (QED) is 0.426. The van der Waals surface area contributed by atoms with Crippen LogP contribution in [0, 0.1) is 0 Å². The molecular formula is C25H30N6O4. The number of hydrogen-bond donors (Lipinski definition) is 3. The number of hydrogen-bond acceptors (Lipinski definition) is 9. The number of anilines is 4. The molecule has 184 valence electrons. The monoisotopic (exact) mass is 478 g/mol. The molecule has 0 radical (unpaired) electrons. The topological polar surface area (TPSA) is 124 Å². The van der Waals surface area contributed by atoms with Crippen molar-refractivity contribution in [1.82, 2.24) is 9.97 Å². The zero-order chi connectivity index (χ0) is 24.6. The van der Waals surface area contributed by atoms with Crippen LogP contribution in [0.2, 0.25) is 0 Å². The maximum Gasteiger partial charge on any atom is 0.243 e. The number of methoxy groups -OCH3 is 2. The lowest BCUT2D eigenvalue weighted by molar-refractivity contribution is -0.118. The highest BCUT2D eigenvalue weighted by Gasteiger charge is 2.16. The lowest BCUT2D eigenvalue weighted by Crippen LogP contribution is -2.39. The Kier molecular flexibility index (Phi) is 8.09. The summed E-state index contributed by atoms with van der Waals surface area (Å²) in [5.74, 6) is 0.936. The molecule has 0 bridgehead atoms. The summed E-state index contributed by atoms with van der Waals surface area (Å²) in [6, 6.07) is 14.4. The molecule has 1 aliphatic rings. The van der Waals surface area contributed by atoms with Gasteiger partial charge in [-0.2, -0.15) is 0 Å². The SMILES string of the molecule is COC[C@H](N)C(=O)Nc1ccc(-c2ccnc(Nc3ccc(N4CCOCC4)c(OC)c3)n2)cc1. The van der Waals surface area contributed by atoms with Crippen LogP contribution in [0.25, 0.3) is 11.3 Å². The predicted octanol–water partition coefficient (Wildman–Crippen LogP) is 2.64. The Morgan fingerprint density at radius 1 is 1.11 bits per heavy atom. The first-order valence-corrected chi connectivity index (χ1v) is 11.3. The van der Waals surface area contributed by atoms with E-state index in [0.29, 0.717) is 24.8 Å². The van der Waals surface area contributed by atoms with Crippen molar-refractivity contribution < 1.29 is 19.0 Å². The van der Waals surface area contributed by atoms with E-state index in [4.69, 9.17) is 19.9 Å². The van der Waals surface area contributed by atoms with Gasteiger partial charge >= 0.3 is 0 Å². The second-order valence-electron chi connectivity index (χ2n) is 8.00. The molecule has 2 aromatic carbocycles. The molecule has 35 heavy (non-hydrogen) atoms. The maximum absolute atomic E-state index is 12.1. The summed E-state index contributed by atoms with van der Waals surface area (Å²) in [5.41, 5.74) is 9.89. The molecule has 4 N–H and O–H groups in total. The number of rotatable bonds is 9. The Morgan fingerprint density at radius 2 is 1.86 bits per heavy atom. The number of amides is 1. The molecule has 10 nitrogen and oxygen atoms in total. The fourth-order valence-electron chi connectivity index (χ4n) is 3.74. The largest absolute Gasteiger partial charge is 0.495 e. The molecule has 0 saturated carbocycles. The molecule has 1 aliphatic heterocycles. The molecule has 1 saturated heterocycles. The summed E-state index contributed by atoms with van der Waals surface area (Å²) < 4.78 is 16.0. The number of carbonyl (C=O) groups excluding carboxylic acids is 1. The average molecular weight is 479 g/mol. The second kappa shape index (κ2) is 11.6. The van der Waals surface area contributed by atoms with E-state index in [1.807, 2.05) is 36.4 Å². The van der Waals surface area contributed by atoms with Gasteiger partial charge in [0.15, 0.2) is 0 Å². The van der Waals surface area contributed by atoms with Crippen LogP contribution in [0.1, 0.15) is 0 Å². The molecule has 10 heteroatoms. The van der Waals surface area contributed by atoms with E-state index in [0.717, 1.165) is 41.5 Å². The Labute approximate surface area is 204 Å². The van der Waals surface area contributed by atoms with Gasteiger partial charge in [-0.05, 0) is 30.3 Å². The molecule has 1 aromatic heterocycles. The Bertz CT molecular complexity index is 1140. The molecule has 0 aliphatic carbocycles. The van der Waals surface area contributed by atoms with Crippen LogP contribution in [-0.4, -0.2) is 69.0 Å². The molecular weight excluding hydrogens is 448 g/mol. The molecule has 0 unspecified atom stereocenters. The van der Waals surface area contributed by atoms with Crippen molar-refractivity contribution in [3.63, 3.8) is 0 Å². The lowest BCUT2D eigenvalue weighted by Gasteiger charge is -2.30. The highest BCUT2D eigenvalue weighted by Crippen LogP contribution is 2.32. The van der Waals surface area contributed by atoms with Gasteiger partial charge in [0, 0.05) is 49.4 Å². The number of nitrogens with zero attached hydrogens (tertiary/aromatic N) is 3. The third-order valence-corrected chi connectivity index (χ3v) is 5.57. The molecule has 4 rings (SSSR count). The number of carbonyl (C=O) groups is 1. The summed E-state index contributed by atoms with van der Waals surface area (Å²) in [4.78, 5) is 23.3. The third kappa shape index (κ3) is 6.24. The van der Waals surface area contributed by atoms with Crippen LogP contribution in [0.4, 0.5) is 23.0 Å². The number of nitrogens with two attached hydrogens (primary N) is 1. The van der Waals surface area contributed by atoms with Crippen LogP contribution in [-0.2, 0) is 14.3 Å². The number of ether oxygens (including phenoxy) is 3. The van der Waals surface area contributed by atoms with Crippen molar-refractivity contribution >= 4 is 28.9 Å². The standard InChI is InChI=1S/C25H30N6O4/c1-33-16-20(26)24(32)28-18-5-3-17(4-6-18)21-9-10-27-25(30-21)29-19-7-8-22(23(15-19)34-2)31-11-13-35-14-12-31/h3-10,15,20H,11-14,16,26H2,1-2H3,(H,28,32)(H,27,29,30)/t20-/m0/s1. The Balaban J connectivity index is 1.45. The van der Waals surface area contributed by atoms with E-state index in [-0.39, 0.29) is 12.5 Å². The van der Waals surface area contributed by atoms with Crippen molar-refractivity contribution in [3.8, 4) is 17.0 Å². The number of nitrogens with one attached hydrogen (secondary N) is 2. The first-order valence-electron chi connectivity index (χ1n) is 11.3. The van der Waals surface area contributed by atoms with Crippen LogP contribution >= 0.6 is 0 Å². The van der Waals surface area contributed by atoms with Gasteiger partial charge in [-0.3, -0.25) is 4.79 Å². The minimum atomic E-state index is -0.725. The van der Waals surface area contributed by atoms with Crippen molar-refractivity contribution in [3.05, 3.63) is 54.7 Å². The highest BCUT2D eigenvalue weighted by atomic mass is 16.5. The zero-order valence-corrected chi connectivity index (χ0v) is 19.9. The van der Waals surface area contributed by atoms with E-state index in [1.54, 1.807) is 25.4 Å². The van der Waals surface area contributed by atoms with E-state index in [1.165, 1.54) is 7.11 Å². The third-order valence-electron chi connectivity index (χ3n) is 5.57. The summed E-state index contributed by atoms with van der Waals surface area (Å²) in [5, 5.41) is 6.03. The molecule has 1 fully saturated rings. The highest BCUT2D eigenvalue weighted by molar-refractivity contribution is 5.95. The van der Waals surface area contributed by atoms with Crippen LogP contribution in [0.15, 0.2) is 54.7 Å². The minimum Gasteiger partial charge on any atom is -0.495 e. The number of benzene rings is 2. The molecule has 1 atom stereocenters. The molecule has 1 amide bonds. The van der Waals surface area contributed by atoms with Crippen molar-refractivity contribution in [2.75, 3.05) is 62.7 Å². The molecule has 2 heterocycles. The first kappa shape index (κ1) is 24.4. The van der Waals surface area contributed by atoms with Gasteiger partial charge in [0.25, 0.3) is 0 Å². The Morgan fingerprint density at radius 3 is 2.57 bits per heavy atom. The summed E-state index contributed by atoms with van der Waals surface area (Å²) in [6.45, 7) is 3.23. The summed E-state index contributed by atoms with van der Waals surface area (Å²) >= 11 is 0. The van der Waals surface area contributed by atoms with Gasteiger partial charge < -0.3 is 35.5 Å². The van der Waals surface area contributed by atoms with Gasteiger partial charge in [-0.15, -0.1) is 0 Å². The van der Waals surface area contributed by atoms with Gasteiger partial charge in [0.1, 0.15) is 11.8 Å². The van der Waals surface area contributed by atoms with Gasteiger partial charge in [0.2, 0.25) is 11.9 Å². The van der Waals surface area contributed by atoms with Crippen molar-refractivity contribution in [1.29, 1.82) is 0 Å². The predicted molar refractivity (Wildman–Crippen MR) is 135 cm³/mol. The molecule has 0 spiro atoms. The summed E-state index contributed by atoms with van der Waals surface area (Å²) in [6.07, 6.45) is 1.70. The molecule has 3 aromatic rings. The summed E-state index contributed by atoms with van der Waals surface area (Å²) in [7, 11) is 3.17. The van der Waals surface area contributed by atoms with E-state index < -0.39 is 6.04 Å². The van der Waals surface area contributed by atoms with Crippen LogP contribution in [0.3, 0.4) is 0 Å². The smallest absolute Gasteiger partial charge is 0.243 e. The fourth-order valence-corrected chi connectivity index (χ4v) is 3.74. The van der Waals surface area contributed by atoms with E-state index in [9.17, 15) is 4.79 Å². The van der Waals surface area contributed by atoms with Crippen molar-refractivity contribution in [2.24, 2.45) is 5.73 Å². The maximum atomic E-state index is 12.1.